The van der Waals surface area contributed by atoms with Crippen molar-refractivity contribution >= 4 is 11.8 Å². The number of fused-ring (bicyclic) bond motifs is 7. The Hall–Kier alpha value is -2.40. The molecule has 0 aromatic heterocycles. The molecule has 0 aliphatic heterocycles. The van der Waals surface area contributed by atoms with E-state index in [2.05, 4.69) is 39.8 Å². The summed E-state index contributed by atoms with van der Waals surface area (Å²) in [6.45, 7) is 12.8. The van der Waals surface area contributed by atoms with Crippen molar-refractivity contribution in [2.45, 2.75) is 79.8 Å². The molecule has 0 amide bonds. The van der Waals surface area contributed by atoms with Crippen LogP contribution in [0.25, 0.3) is 0 Å². The Morgan fingerprint density at radius 2 is 1.74 bits per heavy atom. The number of carbonyl (C=O) groups excluding carboxylic acids is 2. The first-order valence-corrected chi connectivity index (χ1v) is 12.8. The Bertz CT molecular complexity index is 1210. The van der Waals surface area contributed by atoms with E-state index in [1.807, 2.05) is 13.8 Å². The van der Waals surface area contributed by atoms with E-state index in [0.29, 0.717) is 18.4 Å². The number of hydrogen-bond donors (Lipinski definition) is 2. The van der Waals surface area contributed by atoms with E-state index in [1.54, 1.807) is 6.08 Å². The van der Waals surface area contributed by atoms with Crippen LogP contribution >= 0.6 is 0 Å². The highest BCUT2D eigenvalue weighted by Gasteiger charge is 2.63. The number of hydrogen-bond acceptors (Lipinski definition) is 5. The summed E-state index contributed by atoms with van der Waals surface area (Å²) >= 11 is 0. The molecule has 0 aromatic carbocycles. The quantitative estimate of drug-likeness (QED) is 0.474. The lowest BCUT2D eigenvalue weighted by Gasteiger charge is -2.63. The number of aliphatic hydroxyl groups is 2. The first kappa shape index (κ1) is 24.3. The van der Waals surface area contributed by atoms with Crippen LogP contribution in [-0.2, 0) is 14.3 Å². The molecule has 0 unspecified atom stereocenters. The third kappa shape index (κ3) is 2.97. The first-order chi connectivity index (χ1) is 16.2. The predicted octanol–water partition coefficient (Wildman–Crippen LogP) is 5.68. The van der Waals surface area contributed by atoms with E-state index < -0.39 is 11.5 Å². The Labute approximate surface area is 208 Å². The van der Waals surface area contributed by atoms with E-state index in [9.17, 15) is 19.8 Å². The fourth-order valence-electron chi connectivity index (χ4n) is 8.55. The van der Waals surface area contributed by atoms with Gasteiger partial charge in [-0.2, -0.15) is 0 Å². The Morgan fingerprint density at radius 3 is 2.40 bits per heavy atom. The summed E-state index contributed by atoms with van der Waals surface area (Å²) in [5.41, 5.74) is 5.06. The minimum atomic E-state index is -0.926. The van der Waals surface area contributed by atoms with E-state index in [4.69, 9.17) is 4.74 Å². The highest BCUT2D eigenvalue weighted by atomic mass is 16.5. The van der Waals surface area contributed by atoms with Crippen molar-refractivity contribution in [1.29, 1.82) is 0 Å². The van der Waals surface area contributed by atoms with E-state index in [0.717, 1.165) is 30.4 Å². The number of methoxy groups -OCH3 is 1. The molecule has 5 aliphatic carbocycles. The van der Waals surface area contributed by atoms with Gasteiger partial charge in [0, 0.05) is 11.0 Å². The molecular weight excluding hydrogens is 440 g/mol. The number of allylic oxidation sites excluding steroid dienone is 9. The maximum Gasteiger partial charge on any atom is 0.314 e. The van der Waals surface area contributed by atoms with Gasteiger partial charge < -0.3 is 14.9 Å². The zero-order chi connectivity index (χ0) is 25.7. The van der Waals surface area contributed by atoms with Crippen LogP contribution in [0.3, 0.4) is 0 Å². The van der Waals surface area contributed by atoms with Crippen molar-refractivity contribution in [2.24, 2.45) is 27.6 Å². The number of esters is 1. The molecule has 5 aliphatic rings. The van der Waals surface area contributed by atoms with Crippen LogP contribution in [0.5, 0.6) is 0 Å². The van der Waals surface area contributed by atoms with Crippen LogP contribution in [0.1, 0.15) is 73.6 Å². The Morgan fingerprint density at radius 1 is 1.06 bits per heavy atom. The second kappa shape index (κ2) is 7.32. The van der Waals surface area contributed by atoms with Gasteiger partial charge in [-0.15, -0.1) is 0 Å². The van der Waals surface area contributed by atoms with Gasteiger partial charge in [-0.1, -0.05) is 38.5 Å². The standard InChI is InChI=1S/C30H38O5/c1-16-13-27(3)15-23(32)30(6,26(34)35-7)14-22(27)29(5)11-10-28(4)19(24(16)29)9-8-18-17(2)25(33)21(31)12-20(18)28/h8-9,12,22-23,32-33H,10-11,13-15H2,1-7H3/t22-,23+,27+,28-,29+,30+/m1/s1. The fraction of sp³-hybridized carbons (Fsp3) is 0.600. The fourth-order valence-corrected chi connectivity index (χ4v) is 8.55. The molecule has 6 atom stereocenters. The highest BCUT2D eigenvalue weighted by Crippen LogP contribution is 2.70. The normalized spacial score (nSPS) is 42.7. The van der Waals surface area contributed by atoms with Gasteiger partial charge in [0.1, 0.15) is 0 Å². The van der Waals surface area contributed by atoms with Gasteiger partial charge in [-0.05, 0) is 98.0 Å². The van der Waals surface area contributed by atoms with E-state index in [1.165, 1.54) is 23.8 Å². The molecule has 5 rings (SSSR count). The molecule has 2 fully saturated rings. The lowest BCUT2D eigenvalue weighted by molar-refractivity contribution is -0.177. The van der Waals surface area contributed by atoms with Crippen molar-refractivity contribution in [3.05, 3.63) is 57.4 Å². The number of carbonyl (C=O) groups is 2. The van der Waals surface area contributed by atoms with Gasteiger partial charge in [-0.3, -0.25) is 9.59 Å². The molecule has 0 aromatic rings. The largest absolute Gasteiger partial charge is 0.504 e. The zero-order valence-electron chi connectivity index (χ0n) is 22.0. The summed E-state index contributed by atoms with van der Waals surface area (Å²) in [5, 5.41) is 21.4. The van der Waals surface area contributed by atoms with Crippen LogP contribution in [0.4, 0.5) is 0 Å². The van der Waals surface area contributed by atoms with E-state index in [-0.39, 0.29) is 39.7 Å². The van der Waals surface area contributed by atoms with Gasteiger partial charge in [-0.25, -0.2) is 0 Å². The lowest BCUT2D eigenvalue weighted by atomic mass is 9.40. The predicted molar refractivity (Wildman–Crippen MR) is 134 cm³/mol. The van der Waals surface area contributed by atoms with Crippen LogP contribution < -0.4 is 0 Å². The van der Waals surface area contributed by atoms with Crippen LogP contribution in [0, 0.1) is 27.6 Å². The highest BCUT2D eigenvalue weighted by molar-refractivity contribution is 6.06. The zero-order valence-corrected chi connectivity index (χ0v) is 22.0. The number of aliphatic hydroxyl groups excluding tert-OH is 2. The topological polar surface area (TPSA) is 83.8 Å². The molecule has 0 radical (unpaired) electrons. The third-order valence-electron chi connectivity index (χ3n) is 10.5. The van der Waals surface area contributed by atoms with Crippen molar-refractivity contribution in [2.75, 3.05) is 7.11 Å². The monoisotopic (exact) mass is 478 g/mol. The number of rotatable bonds is 1. The summed E-state index contributed by atoms with van der Waals surface area (Å²) in [5.74, 6) is -0.596. The van der Waals surface area contributed by atoms with Crippen LogP contribution in [-0.4, -0.2) is 35.2 Å². The average molecular weight is 479 g/mol. The molecule has 35 heavy (non-hydrogen) atoms. The van der Waals surface area contributed by atoms with Crippen molar-refractivity contribution in [3.63, 3.8) is 0 Å². The maximum atomic E-state index is 12.9. The molecular formula is C30H38O5. The van der Waals surface area contributed by atoms with Gasteiger partial charge >= 0.3 is 5.97 Å². The summed E-state index contributed by atoms with van der Waals surface area (Å²) in [6, 6.07) is 0. The molecule has 5 heteroatoms. The minimum absolute atomic E-state index is 0.107. The minimum Gasteiger partial charge on any atom is -0.504 e. The molecule has 0 bridgehead atoms. The van der Waals surface area contributed by atoms with Gasteiger partial charge in [0.25, 0.3) is 0 Å². The summed E-state index contributed by atoms with van der Waals surface area (Å²) in [6.07, 6.45) is 9.01. The Kier molecular flexibility index (Phi) is 5.08. The smallest absolute Gasteiger partial charge is 0.314 e. The van der Waals surface area contributed by atoms with Gasteiger partial charge in [0.05, 0.1) is 18.6 Å². The molecule has 2 N–H and O–H groups in total. The van der Waals surface area contributed by atoms with Crippen molar-refractivity contribution in [1.82, 2.24) is 0 Å². The third-order valence-corrected chi connectivity index (χ3v) is 10.5. The molecule has 5 nitrogen and oxygen atoms in total. The van der Waals surface area contributed by atoms with Crippen molar-refractivity contribution in [3.8, 4) is 0 Å². The summed E-state index contributed by atoms with van der Waals surface area (Å²) in [4.78, 5) is 25.5. The SMILES string of the molecule is COC(=O)[C@@]1(C)C[C@@H]2[C@@](C)(CC(C)=C3C4=CC=C5C(=CC(=O)C(O)=C5C)[C@]4(C)CC[C@]32C)C[C@@H]1O. The second-order valence-corrected chi connectivity index (χ2v) is 12.7. The van der Waals surface area contributed by atoms with Gasteiger partial charge in [0.2, 0.25) is 5.78 Å². The molecule has 0 heterocycles. The summed E-state index contributed by atoms with van der Waals surface area (Å²) in [7, 11) is 1.41. The van der Waals surface area contributed by atoms with E-state index >= 15 is 0 Å². The number of ether oxygens (including phenoxy) is 1. The molecule has 2 saturated carbocycles. The lowest BCUT2D eigenvalue weighted by Crippen LogP contribution is -2.59. The Balaban J connectivity index is 1.67. The van der Waals surface area contributed by atoms with Crippen molar-refractivity contribution < 1.29 is 24.5 Å². The van der Waals surface area contributed by atoms with Gasteiger partial charge in [0.15, 0.2) is 5.76 Å². The first-order valence-electron chi connectivity index (χ1n) is 12.8. The van der Waals surface area contributed by atoms with Crippen LogP contribution in [0.2, 0.25) is 0 Å². The average Bonchev–Trinajstić information content (AvgIpc) is 2.79. The second-order valence-electron chi connectivity index (χ2n) is 12.7. The number of ketones is 1. The molecule has 188 valence electrons. The molecule has 0 spiro atoms. The molecule has 0 saturated heterocycles. The van der Waals surface area contributed by atoms with Crippen LogP contribution in [0.15, 0.2) is 57.4 Å². The summed E-state index contributed by atoms with van der Waals surface area (Å²) < 4.78 is 5.16. The maximum absolute atomic E-state index is 12.9.